The summed E-state index contributed by atoms with van der Waals surface area (Å²) < 4.78 is 0. The van der Waals surface area contributed by atoms with Gasteiger partial charge < -0.3 is 4.90 Å². The molecule has 3 aliphatic rings. The Bertz CT molecular complexity index is 95.1. The van der Waals surface area contributed by atoms with Gasteiger partial charge in [0.25, 0.3) is 0 Å². The fourth-order valence-corrected chi connectivity index (χ4v) is 8.19. The predicted octanol–water partition coefficient (Wildman–Crippen LogP) is 0.387. The second-order valence-corrected chi connectivity index (χ2v) is 9.33. The molecule has 0 atom stereocenters. The molecule has 0 N–H and O–H groups in total. The Hall–Kier alpha value is 0.611. The van der Waals surface area contributed by atoms with Crippen molar-refractivity contribution in [1.29, 1.82) is 0 Å². The standard InChI is InChI=1S/C7H13NSi3/c1-4-9-7-10-5-2-8(1)3-6-11-7/h7H,1-6H2. The van der Waals surface area contributed by atoms with Gasteiger partial charge in [0, 0.05) is 28.6 Å². The lowest BCUT2D eigenvalue weighted by atomic mass is 10.5. The third kappa shape index (κ3) is 2.27. The summed E-state index contributed by atoms with van der Waals surface area (Å²) in [5.41, 5.74) is 0. The number of fused-ring (bicyclic) bond motifs is 6. The average Bonchev–Trinajstić information content (AvgIpc) is 1.80. The number of nitrogens with zero attached hydrogens (tertiary/aromatic N) is 1. The molecule has 0 aromatic rings. The summed E-state index contributed by atoms with van der Waals surface area (Å²) in [6.07, 6.45) is 0. The smallest absolute Gasteiger partial charge is 0.0356 e. The Balaban J connectivity index is 1.96. The van der Waals surface area contributed by atoms with Gasteiger partial charge in [-0.2, -0.15) is 0 Å². The summed E-state index contributed by atoms with van der Waals surface area (Å²) in [6, 6.07) is 4.51. The Morgan fingerprint density at radius 2 is 1.27 bits per heavy atom. The van der Waals surface area contributed by atoms with E-state index >= 15 is 0 Å². The van der Waals surface area contributed by atoms with E-state index in [2.05, 4.69) is 4.90 Å². The minimum atomic E-state index is 1.18. The van der Waals surface area contributed by atoms with Crippen molar-refractivity contribution in [2.75, 3.05) is 19.6 Å². The number of rotatable bonds is 0. The van der Waals surface area contributed by atoms with E-state index in [0.717, 1.165) is 0 Å². The minimum absolute atomic E-state index is 1.18. The molecule has 3 rings (SSSR count). The van der Waals surface area contributed by atoms with E-state index in [0.29, 0.717) is 0 Å². The Labute approximate surface area is 76.4 Å². The van der Waals surface area contributed by atoms with Crippen LogP contribution >= 0.6 is 0 Å². The van der Waals surface area contributed by atoms with Crippen LogP contribution in [0.3, 0.4) is 0 Å². The van der Waals surface area contributed by atoms with Crippen LogP contribution in [0.1, 0.15) is 0 Å². The summed E-state index contributed by atoms with van der Waals surface area (Å²) in [5, 5.41) is 0. The van der Waals surface area contributed by atoms with E-state index in [1.54, 1.807) is 0 Å². The molecule has 11 heavy (non-hydrogen) atoms. The van der Waals surface area contributed by atoms with Crippen LogP contribution in [0.5, 0.6) is 0 Å². The maximum atomic E-state index is 2.68. The van der Waals surface area contributed by atoms with Crippen molar-refractivity contribution in [3.05, 3.63) is 0 Å². The van der Waals surface area contributed by atoms with Crippen LogP contribution in [0.4, 0.5) is 0 Å². The van der Waals surface area contributed by atoms with Crippen molar-refractivity contribution in [2.24, 2.45) is 0 Å². The highest BCUT2D eigenvalue weighted by molar-refractivity contribution is 6.76. The Kier molecular flexibility index (Phi) is 3.01. The summed E-state index contributed by atoms with van der Waals surface area (Å²) in [6.45, 7) is 4.22. The van der Waals surface area contributed by atoms with Crippen LogP contribution in [-0.2, 0) is 0 Å². The lowest BCUT2D eigenvalue weighted by Gasteiger charge is -2.30. The number of hydrogen-bond donors (Lipinski definition) is 0. The molecular formula is C7H13NSi3. The molecule has 3 aliphatic heterocycles. The summed E-state index contributed by atoms with van der Waals surface area (Å²) in [7, 11) is 3.91. The maximum absolute atomic E-state index is 2.68. The van der Waals surface area contributed by atoms with Crippen molar-refractivity contribution in [3.8, 4) is 0 Å². The highest BCUT2D eigenvalue weighted by Crippen LogP contribution is 2.15. The Morgan fingerprint density at radius 3 is 1.73 bits per heavy atom. The van der Waals surface area contributed by atoms with E-state index in [1.165, 1.54) is 71.1 Å². The van der Waals surface area contributed by atoms with Crippen LogP contribution in [0, 0.1) is 0 Å². The topological polar surface area (TPSA) is 3.24 Å². The van der Waals surface area contributed by atoms with Gasteiger partial charge in [0.05, 0.1) is 0 Å². The normalized spacial score (nSPS) is 39.3. The second-order valence-electron chi connectivity index (χ2n) is 3.14. The first-order valence-corrected chi connectivity index (χ1v) is 8.23. The SMILES string of the molecule is C1CN2CC[Si]C([Si]1)[Si]CC2. The van der Waals surface area contributed by atoms with Gasteiger partial charge in [-0.05, 0) is 37.8 Å². The molecule has 6 radical (unpaired) electrons. The summed E-state index contributed by atoms with van der Waals surface area (Å²) >= 11 is 0. The van der Waals surface area contributed by atoms with Gasteiger partial charge in [0.15, 0.2) is 0 Å². The van der Waals surface area contributed by atoms with E-state index < -0.39 is 0 Å². The number of hydrogen-bond acceptors (Lipinski definition) is 1. The van der Waals surface area contributed by atoms with Gasteiger partial charge in [0.2, 0.25) is 0 Å². The lowest BCUT2D eigenvalue weighted by Crippen LogP contribution is -2.38. The molecule has 0 amide bonds. The van der Waals surface area contributed by atoms with Crippen LogP contribution in [0.25, 0.3) is 0 Å². The molecule has 3 fully saturated rings. The van der Waals surface area contributed by atoms with E-state index in [9.17, 15) is 0 Å². The lowest BCUT2D eigenvalue weighted by molar-refractivity contribution is 0.317. The van der Waals surface area contributed by atoms with Crippen LogP contribution < -0.4 is 0 Å². The highest BCUT2D eigenvalue weighted by Gasteiger charge is 2.19. The molecule has 0 unspecified atom stereocenters. The summed E-state index contributed by atoms with van der Waals surface area (Å²) in [4.78, 5) is 3.86. The molecule has 3 saturated heterocycles. The molecule has 58 valence electrons. The predicted molar refractivity (Wildman–Crippen MR) is 51.9 cm³/mol. The van der Waals surface area contributed by atoms with Gasteiger partial charge in [-0.3, -0.25) is 0 Å². The van der Waals surface area contributed by atoms with E-state index in [4.69, 9.17) is 0 Å². The van der Waals surface area contributed by atoms with Crippen molar-refractivity contribution in [1.82, 2.24) is 4.90 Å². The van der Waals surface area contributed by atoms with Crippen molar-refractivity contribution >= 4 is 28.6 Å². The quantitative estimate of drug-likeness (QED) is 0.506. The molecule has 1 nitrogen and oxygen atoms in total. The monoisotopic (exact) mass is 195 g/mol. The molecule has 2 bridgehead atoms. The van der Waals surface area contributed by atoms with E-state index in [1.807, 2.05) is 0 Å². The molecule has 4 heteroatoms. The van der Waals surface area contributed by atoms with Gasteiger partial charge in [0.1, 0.15) is 0 Å². The molecule has 0 saturated carbocycles. The van der Waals surface area contributed by atoms with Gasteiger partial charge in [-0.15, -0.1) is 0 Å². The molecule has 0 spiro atoms. The molecule has 0 aromatic carbocycles. The zero-order valence-electron chi connectivity index (χ0n) is 6.77. The van der Waals surface area contributed by atoms with Crippen molar-refractivity contribution in [2.45, 2.75) is 22.9 Å². The van der Waals surface area contributed by atoms with Gasteiger partial charge in [-0.1, -0.05) is 4.79 Å². The van der Waals surface area contributed by atoms with E-state index in [-0.39, 0.29) is 0 Å². The minimum Gasteiger partial charge on any atom is -0.304 e. The highest BCUT2D eigenvalue weighted by atomic mass is 28.3. The average molecular weight is 195 g/mol. The van der Waals surface area contributed by atoms with Crippen LogP contribution in [0.2, 0.25) is 22.9 Å². The Morgan fingerprint density at radius 1 is 0.818 bits per heavy atom. The van der Waals surface area contributed by atoms with Crippen molar-refractivity contribution < 1.29 is 0 Å². The first-order valence-electron chi connectivity index (χ1n) is 4.38. The third-order valence-corrected chi connectivity index (χ3v) is 8.77. The zero-order chi connectivity index (χ0) is 7.52. The fourth-order valence-electron chi connectivity index (χ4n) is 1.65. The largest absolute Gasteiger partial charge is 0.304 e. The summed E-state index contributed by atoms with van der Waals surface area (Å²) in [5.74, 6) is 0. The van der Waals surface area contributed by atoms with Gasteiger partial charge >= 0.3 is 0 Å². The second kappa shape index (κ2) is 4.02. The first kappa shape index (κ1) is 8.22. The molecule has 0 aliphatic carbocycles. The first-order chi connectivity index (χ1) is 5.45. The third-order valence-electron chi connectivity index (χ3n) is 2.33. The fraction of sp³-hybridized carbons (Fsp3) is 1.00. The van der Waals surface area contributed by atoms with Gasteiger partial charge in [-0.25, -0.2) is 0 Å². The zero-order valence-corrected chi connectivity index (χ0v) is 9.77. The molecular weight excluding hydrogens is 182 g/mol. The molecule has 0 aromatic heterocycles. The van der Waals surface area contributed by atoms with Crippen LogP contribution in [-0.4, -0.2) is 53.1 Å². The van der Waals surface area contributed by atoms with Crippen LogP contribution in [0.15, 0.2) is 0 Å². The molecule has 3 heterocycles. The van der Waals surface area contributed by atoms with Crippen molar-refractivity contribution in [3.63, 3.8) is 0 Å². The maximum Gasteiger partial charge on any atom is 0.0356 e.